The van der Waals surface area contributed by atoms with E-state index in [4.69, 9.17) is 17.3 Å². The lowest BCUT2D eigenvalue weighted by molar-refractivity contribution is 0.584. The van der Waals surface area contributed by atoms with Crippen molar-refractivity contribution in [3.8, 4) is 0 Å². The predicted molar refractivity (Wildman–Crippen MR) is 76.7 cm³/mol. The smallest absolute Gasteiger partial charge is 0.145 e. The first-order valence-electron chi connectivity index (χ1n) is 5.56. The van der Waals surface area contributed by atoms with Gasteiger partial charge in [0, 0.05) is 28.6 Å². The van der Waals surface area contributed by atoms with Gasteiger partial charge in [0.15, 0.2) is 0 Å². The van der Waals surface area contributed by atoms with E-state index in [1.165, 1.54) is 5.75 Å². The minimum Gasteiger partial charge on any atom is -0.326 e. The Kier molecular flexibility index (Phi) is 5.03. The summed E-state index contributed by atoms with van der Waals surface area (Å²) in [6.07, 6.45) is 0.560. The highest BCUT2D eigenvalue weighted by atomic mass is 35.5. The molecule has 0 radical (unpaired) electrons. The van der Waals surface area contributed by atoms with E-state index in [9.17, 15) is 4.39 Å². The Morgan fingerprint density at radius 3 is 3.00 bits per heavy atom. The normalized spacial score (nSPS) is 22.4. The van der Waals surface area contributed by atoms with Crippen molar-refractivity contribution in [3.63, 3.8) is 0 Å². The number of halogens is 2. The molecule has 2 N–H and O–H groups in total. The molecule has 2 atom stereocenters. The molecule has 2 unspecified atom stereocenters. The largest absolute Gasteiger partial charge is 0.326 e. The van der Waals surface area contributed by atoms with Crippen LogP contribution in [0.2, 0.25) is 5.02 Å². The molecule has 1 aromatic rings. The summed E-state index contributed by atoms with van der Waals surface area (Å²) in [4.78, 5) is 0. The molecule has 0 saturated carbocycles. The summed E-state index contributed by atoms with van der Waals surface area (Å²) in [5, 5.41) is 0.604. The molecule has 5 heteroatoms. The third-order valence-electron chi connectivity index (χ3n) is 2.81. The molecule has 1 saturated heterocycles. The highest BCUT2D eigenvalue weighted by molar-refractivity contribution is 8.06. The second-order valence-corrected chi connectivity index (χ2v) is 6.97. The maximum Gasteiger partial charge on any atom is 0.145 e. The van der Waals surface area contributed by atoms with E-state index < -0.39 is 0 Å². The van der Waals surface area contributed by atoms with Crippen LogP contribution in [-0.4, -0.2) is 28.6 Å². The van der Waals surface area contributed by atoms with E-state index in [0.29, 0.717) is 17.2 Å². The van der Waals surface area contributed by atoms with E-state index in [2.05, 4.69) is 0 Å². The SMILES string of the molecule is NC(Cc1cccc(Cl)c1F)C1CSCCS1. The minimum absolute atomic E-state index is 0.000710. The molecule has 1 aliphatic heterocycles. The number of thioether (sulfide) groups is 2. The topological polar surface area (TPSA) is 26.0 Å². The summed E-state index contributed by atoms with van der Waals surface area (Å²) in [7, 11) is 0. The van der Waals surface area contributed by atoms with E-state index in [1.54, 1.807) is 18.2 Å². The first kappa shape index (κ1) is 13.5. The summed E-state index contributed by atoms with van der Waals surface area (Å²) in [6.45, 7) is 0. The minimum atomic E-state index is -0.321. The molecule has 0 aromatic heterocycles. The van der Waals surface area contributed by atoms with Crippen molar-refractivity contribution < 1.29 is 4.39 Å². The highest BCUT2D eigenvalue weighted by Crippen LogP contribution is 2.28. The molecule has 1 aromatic carbocycles. The lowest BCUT2D eigenvalue weighted by Crippen LogP contribution is -2.38. The second kappa shape index (κ2) is 6.32. The Hall–Kier alpha value is 0.1000. The fourth-order valence-electron chi connectivity index (χ4n) is 1.84. The number of nitrogens with two attached hydrogens (primary N) is 1. The van der Waals surface area contributed by atoms with Gasteiger partial charge in [0.05, 0.1) is 5.02 Å². The summed E-state index contributed by atoms with van der Waals surface area (Å²) in [5.41, 5.74) is 6.78. The van der Waals surface area contributed by atoms with Crippen LogP contribution in [0.1, 0.15) is 5.56 Å². The van der Waals surface area contributed by atoms with E-state index >= 15 is 0 Å². The highest BCUT2D eigenvalue weighted by Gasteiger charge is 2.22. The molecule has 94 valence electrons. The van der Waals surface area contributed by atoms with Gasteiger partial charge in [-0.1, -0.05) is 23.7 Å². The molecule has 1 heterocycles. The third kappa shape index (κ3) is 3.53. The predicted octanol–water partition coefficient (Wildman–Crippen LogP) is 3.20. The molecular formula is C12H15ClFNS2. The first-order chi connectivity index (χ1) is 8.18. The van der Waals surface area contributed by atoms with Crippen molar-refractivity contribution in [3.05, 3.63) is 34.6 Å². The third-order valence-corrected chi connectivity index (χ3v) is 6.04. The maximum absolute atomic E-state index is 13.7. The van der Waals surface area contributed by atoms with Crippen LogP contribution in [0.15, 0.2) is 18.2 Å². The van der Waals surface area contributed by atoms with Gasteiger partial charge in [0.1, 0.15) is 5.82 Å². The van der Waals surface area contributed by atoms with Crippen molar-refractivity contribution in [2.24, 2.45) is 5.73 Å². The fourth-order valence-corrected chi connectivity index (χ4v) is 4.86. The van der Waals surface area contributed by atoms with Gasteiger partial charge < -0.3 is 5.73 Å². The summed E-state index contributed by atoms with van der Waals surface area (Å²) in [5.74, 6) is 3.08. The molecule has 1 nitrogen and oxygen atoms in total. The second-order valence-electron chi connectivity index (χ2n) is 4.07. The monoisotopic (exact) mass is 291 g/mol. The van der Waals surface area contributed by atoms with Crippen molar-refractivity contribution in [2.75, 3.05) is 17.3 Å². The molecule has 2 rings (SSSR count). The van der Waals surface area contributed by atoms with E-state index in [0.717, 1.165) is 11.5 Å². The van der Waals surface area contributed by atoms with Crippen LogP contribution in [0.4, 0.5) is 4.39 Å². The lowest BCUT2D eigenvalue weighted by atomic mass is 10.0. The van der Waals surface area contributed by atoms with Gasteiger partial charge in [0.2, 0.25) is 0 Å². The molecule has 0 bridgehead atoms. The van der Waals surface area contributed by atoms with Crippen molar-refractivity contribution in [2.45, 2.75) is 17.7 Å². The summed E-state index contributed by atoms with van der Waals surface area (Å²) < 4.78 is 13.7. The quantitative estimate of drug-likeness (QED) is 0.926. The number of hydrogen-bond acceptors (Lipinski definition) is 3. The Morgan fingerprint density at radius 2 is 2.29 bits per heavy atom. The van der Waals surface area contributed by atoms with Gasteiger partial charge in [0.25, 0.3) is 0 Å². The van der Waals surface area contributed by atoms with Gasteiger partial charge in [-0.25, -0.2) is 4.39 Å². The van der Waals surface area contributed by atoms with Crippen LogP contribution in [-0.2, 0) is 6.42 Å². The summed E-state index contributed by atoms with van der Waals surface area (Å²) >= 11 is 9.59. The molecule has 0 amide bonds. The molecule has 0 aliphatic carbocycles. The summed E-state index contributed by atoms with van der Waals surface area (Å²) in [6, 6.07) is 5.11. The molecule has 0 spiro atoms. The zero-order chi connectivity index (χ0) is 12.3. The molecular weight excluding hydrogens is 277 g/mol. The average Bonchev–Trinajstić information content (AvgIpc) is 2.36. The standard InChI is InChI=1S/C12H15ClFNS2/c13-9-3-1-2-8(12(9)14)6-10(15)11-7-16-4-5-17-11/h1-3,10-11H,4-7,15H2. The zero-order valence-electron chi connectivity index (χ0n) is 9.36. The molecule has 17 heavy (non-hydrogen) atoms. The van der Waals surface area contributed by atoms with Gasteiger partial charge >= 0.3 is 0 Å². The van der Waals surface area contributed by atoms with Gasteiger partial charge in [-0.3, -0.25) is 0 Å². The molecule has 1 aliphatic rings. The van der Waals surface area contributed by atoms with Crippen LogP contribution in [0.25, 0.3) is 0 Å². The fraction of sp³-hybridized carbons (Fsp3) is 0.500. The van der Waals surface area contributed by atoms with Gasteiger partial charge in [-0.15, -0.1) is 0 Å². The Balaban J connectivity index is 2.01. The number of rotatable bonds is 3. The first-order valence-corrected chi connectivity index (χ1v) is 8.14. The van der Waals surface area contributed by atoms with Crippen molar-refractivity contribution in [1.82, 2.24) is 0 Å². The number of benzene rings is 1. The van der Waals surface area contributed by atoms with E-state index in [-0.39, 0.29) is 16.9 Å². The van der Waals surface area contributed by atoms with Crippen molar-refractivity contribution >= 4 is 35.1 Å². The Labute approximate surface area is 115 Å². The van der Waals surface area contributed by atoms with Crippen LogP contribution < -0.4 is 5.73 Å². The van der Waals surface area contributed by atoms with Crippen molar-refractivity contribution in [1.29, 1.82) is 0 Å². The van der Waals surface area contributed by atoms with Gasteiger partial charge in [-0.05, 0) is 18.1 Å². The van der Waals surface area contributed by atoms with Crippen LogP contribution in [0, 0.1) is 5.82 Å². The Morgan fingerprint density at radius 1 is 1.47 bits per heavy atom. The van der Waals surface area contributed by atoms with Crippen LogP contribution in [0.5, 0.6) is 0 Å². The number of hydrogen-bond donors (Lipinski definition) is 1. The van der Waals surface area contributed by atoms with Crippen LogP contribution >= 0.6 is 35.1 Å². The zero-order valence-corrected chi connectivity index (χ0v) is 11.8. The maximum atomic E-state index is 13.7. The Bertz CT molecular complexity index is 383. The van der Waals surface area contributed by atoms with E-state index in [1.807, 2.05) is 23.5 Å². The van der Waals surface area contributed by atoms with Gasteiger partial charge in [-0.2, -0.15) is 23.5 Å². The average molecular weight is 292 g/mol. The molecule has 1 fully saturated rings. The lowest BCUT2D eigenvalue weighted by Gasteiger charge is -2.26. The van der Waals surface area contributed by atoms with Crippen LogP contribution in [0.3, 0.4) is 0 Å².